The van der Waals surface area contributed by atoms with E-state index in [0.717, 1.165) is 12.0 Å². The van der Waals surface area contributed by atoms with E-state index < -0.39 is 0 Å². The summed E-state index contributed by atoms with van der Waals surface area (Å²) < 4.78 is 0. The van der Waals surface area contributed by atoms with E-state index in [1.165, 1.54) is 0 Å². The number of likely N-dealkylation sites (tertiary alicyclic amines) is 1. The van der Waals surface area contributed by atoms with Crippen LogP contribution in [0.15, 0.2) is 36.4 Å². The highest BCUT2D eigenvalue weighted by molar-refractivity contribution is 5.97. The lowest BCUT2D eigenvalue weighted by atomic mass is 10.2. The minimum absolute atomic E-state index is 0.0206. The molecular formula is C14H14N2O2. The lowest BCUT2D eigenvalue weighted by molar-refractivity contribution is -0.136. The van der Waals surface area contributed by atoms with Crippen LogP contribution >= 0.6 is 0 Å². The summed E-state index contributed by atoms with van der Waals surface area (Å²) in [5.74, 6) is -0.103. The Bertz CT molecular complexity index is 510. The van der Waals surface area contributed by atoms with E-state index in [0.29, 0.717) is 6.54 Å². The Morgan fingerprint density at radius 3 is 2.78 bits per heavy atom. The predicted molar refractivity (Wildman–Crippen MR) is 67.5 cm³/mol. The summed E-state index contributed by atoms with van der Waals surface area (Å²) in [6, 6.07) is 9.55. The second-order valence-corrected chi connectivity index (χ2v) is 4.69. The Balaban J connectivity index is 1.69. The predicted octanol–water partition coefficient (Wildman–Crippen LogP) is 0.799. The van der Waals surface area contributed by atoms with Crippen LogP contribution in [-0.2, 0) is 9.59 Å². The highest BCUT2D eigenvalue weighted by Crippen LogP contribution is 2.24. The van der Waals surface area contributed by atoms with Gasteiger partial charge in [-0.3, -0.25) is 9.59 Å². The van der Waals surface area contributed by atoms with Crippen molar-refractivity contribution in [1.82, 2.24) is 10.2 Å². The van der Waals surface area contributed by atoms with Gasteiger partial charge >= 0.3 is 0 Å². The molecule has 0 saturated carbocycles. The molecule has 1 aromatic carbocycles. The fourth-order valence-corrected chi connectivity index (χ4v) is 2.56. The van der Waals surface area contributed by atoms with Crippen molar-refractivity contribution in [2.45, 2.75) is 18.5 Å². The van der Waals surface area contributed by atoms with Gasteiger partial charge in [-0.25, -0.2) is 0 Å². The maximum atomic E-state index is 12.0. The van der Waals surface area contributed by atoms with Gasteiger partial charge in [0.1, 0.15) is 6.04 Å². The van der Waals surface area contributed by atoms with Crippen LogP contribution in [0.1, 0.15) is 12.0 Å². The molecule has 0 spiro atoms. The van der Waals surface area contributed by atoms with Crippen molar-refractivity contribution in [3.05, 3.63) is 42.0 Å². The molecule has 0 radical (unpaired) electrons. The van der Waals surface area contributed by atoms with E-state index in [9.17, 15) is 9.59 Å². The molecule has 0 aromatic heterocycles. The van der Waals surface area contributed by atoms with Crippen molar-refractivity contribution in [3.63, 3.8) is 0 Å². The van der Waals surface area contributed by atoms with Gasteiger partial charge in [0.25, 0.3) is 0 Å². The first-order valence-corrected chi connectivity index (χ1v) is 6.08. The topological polar surface area (TPSA) is 49.4 Å². The third-order valence-electron chi connectivity index (χ3n) is 3.45. The second kappa shape index (κ2) is 4.29. The van der Waals surface area contributed by atoms with E-state index in [1.54, 1.807) is 17.1 Å². The summed E-state index contributed by atoms with van der Waals surface area (Å²) in [5.41, 5.74) is 0.986. The lowest BCUT2D eigenvalue weighted by Gasteiger charge is -2.25. The number of piperazine rings is 1. The Morgan fingerprint density at radius 1 is 1.33 bits per heavy atom. The molecule has 2 aliphatic heterocycles. The maximum absolute atomic E-state index is 12.0. The van der Waals surface area contributed by atoms with E-state index in [2.05, 4.69) is 5.32 Å². The Kier molecular flexibility index (Phi) is 2.63. The fraction of sp³-hybridized carbons (Fsp3) is 0.286. The standard InChI is InChI=1S/C14H14N2O2/c17-13(7-6-10-4-2-1-3-5-10)16-9-11-8-12(16)14(18)15-11/h1-7,11-12H,8-9H2,(H,15,18)/t11-,12-/m0/s1. The number of fused-ring (bicyclic) bond motifs is 2. The summed E-state index contributed by atoms with van der Waals surface area (Å²) in [6.45, 7) is 0.633. The van der Waals surface area contributed by atoms with Crippen LogP contribution in [0.4, 0.5) is 0 Å². The molecule has 2 aliphatic rings. The molecule has 2 fully saturated rings. The monoisotopic (exact) mass is 242 g/mol. The number of rotatable bonds is 2. The molecule has 2 atom stereocenters. The van der Waals surface area contributed by atoms with Crippen molar-refractivity contribution in [2.24, 2.45) is 0 Å². The van der Waals surface area contributed by atoms with Gasteiger partial charge in [-0.1, -0.05) is 30.3 Å². The number of carbonyl (C=O) groups is 2. The van der Waals surface area contributed by atoms with Gasteiger partial charge in [-0.05, 0) is 18.1 Å². The minimum Gasteiger partial charge on any atom is -0.350 e. The van der Waals surface area contributed by atoms with Crippen LogP contribution in [0.2, 0.25) is 0 Å². The number of amides is 2. The molecule has 1 N–H and O–H groups in total. The minimum atomic E-state index is -0.261. The first-order chi connectivity index (χ1) is 8.74. The van der Waals surface area contributed by atoms with Gasteiger partial charge in [-0.15, -0.1) is 0 Å². The highest BCUT2D eigenvalue weighted by atomic mass is 16.2. The number of nitrogens with one attached hydrogen (secondary N) is 1. The van der Waals surface area contributed by atoms with E-state index in [4.69, 9.17) is 0 Å². The van der Waals surface area contributed by atoms with Crippen LogP contribution in [0.5, 0.6) is 0 Å². The number of hydrogen-bond donors (Lipinski definition) is 1. The first kappa shape index (κ1) is 11.0. The summed E-state index contributed by atoms with van der Waals surface area (Å²) >= 11 is 0. The molecule has 92 valence electrons. The van der Waals surface area contributed by atoms with Gasteiger partial charge in [0.05, 0.1) is 0 Å². The molecule has 4 heteroatoms. The SMILES string of the molecule is O=C1N[C@H]2C[C@@H]1N(C(=O)C=Cc1ccccc1)C2. The molecule has 0 unspecified atom stereocenters. The highest BCUT2D eigenvalue weighted by Gasteiger charge is 2.45. The van der Waals surface area contributed by atoms with Gasteiger partial charge in [0.15, 0.2) is 0 Å². The van der Waals surface area contributed by atoms with Crippen molar-refractivity contribution in [3.8, 4) is 0 Å². The summed E-state index contributed by atoms with van der Waals surface area (Å²) in [5, 5.41) is 2.86. The van der Waals surface area contributed by atoms with Crippen LogP contribution in [0, 0.1) is 0 Å². The second-order valence-electron chi connectivity index (χ2n) is 4.69. The Morgan fingerprint density at radius 2 is 2.11 bits per heavy atom. The number of benzene rings is 1. The molecule has 2 saturated heterocycles. The van der Waals surface area contributed by atoms with E-state index >= 15 is 0 Å². The average Bonchev–Trinajstić information content (AvgIpc) is 2.96. The summed E-state index contributed by atoms with van der Waals surface area (Å²) in [4.78, 5) is 25.2. The van der Waals surface area contributed by atoms with Gasteiger partial charge in [-0.2, -0.15) is 0 Å². The van der Waals surface area contributed by atoms with Gasteiger partial charge in [0.2, 0.25) is 11.8 Å². The van der Waals surface area contributed by atoms with Gasteiger partial charge in [0, 0.05) is 18.7 Å². The van der Waals surface area contributed by atoms with Crippen molar-refractivity contribution >= 4 is 17.9 Å². The van der Waals surface area contributed by atoms with Crippen molar-refractivity contribution in [2.75, 3.05) is 6.54 Å². The van der Waals surface area contributed by atoms with Crippen LogP contribution in [-0.4, -0.2) is 35.3 Å². The molecular weight excluding hydrogens is 228 g/mol. The molecule has 3 rings (SSSR count). The number of hydrogen-bond acceptors (Lipinski definition) is 2. The third-order valence-corrected chi connectivity index (χ3v) is 3.45. The van der Waals surface area contributed by atoms with Crippen molar-refractivity contribution in [1.29, 1.82) is 0 Å². The summed E-state index contributed by atoms with van der Waals surface area (Å²) in [7, 11) is 0. The molecule has 1 aromatic rings. The van der Waals surface area contributed by atoms with Crippen LogP contribution in [0.3, 0.4) is 0 Å². The summed E-state index contributed by atoms with van der Waals surface area (Å²) in [6.07, 6.45) is 4.08. The van der Waals surface area contributed by atoms with Crippen molar-refractivity contribution < 1.29 is 9.59 Å². The Labute approximate surface area is 105 Å². The van der Waals surface area contributed by atoms with Gasteiger partial charge < -0.3 is 10.2 Å². The third kappa shape index (κ3) is 1.90. The Hall–Kier alpha value is -2.10. The van der Waals surface area contributed by atoms with E-state index in [-0.39, 0.29) is 23.9 Å². The lowest BCUT2D eigenvalue weighted by Crippen LogP contribution is -2.49. The molecule has 2 bridgehead atoms. The zero-order valence-electron chi connectivity index (χ0n) is 9.87. The first-order valence-electron chi connectivity index (χ1n) is 6.08. The van der Waals surface area contributed by atoms with Crippen LogP contribution in [0.25, 0.3) is 6.08 Å². The maximum Gasteiger partial charge on any atom is 0.247 e. The normalized spacial score (nSPS) is 25.8. The quantitative estimate of drug-likeness (QED) is 0.780. The zero-order chi connectivity index (χ0) is 12.5. The fourth-order valence-electron chi connectivity index (χ4n) is 2.56. The number of carbonyl (C=O) groups excluding carboxylic acids is 2. The molecule has 18 heavy (non-hydrogen) atoms. The average molecular weight is 242 g/mol. The van der Waals surface area contributed by atoms with Crippen LogP contribution < -0.4 is 5.32 Å². The van der Waals surface area contributed by atoms with E-state index in [1.807, 2.05) is 30.3 Å². The molecule has 4 nitrogen and oxygen atoms in total. The largest absolute Gasteiger partial charge is 0.350 e. The number of nitrogens with zero attached hydrogens (tertiary/aromatic N) is 1. The smallest absolute Gasteiger partial charge is 0.247 e. The molecule has 2 heterocycles. The molecule has 2 amide bonds. The zero-order valence-corrected chi connectivity index (χ0v) is 9.87. The molecule has 0 aliphatic carbocycles.